The van der Waals surface area contributed by atoms with E-state index in [0.29, 0.717) is 10.0 Å². The number of nitro groups is 1. The van der Waals surface area contributed by atoms with Crippen molar-refractivity contribution in [1.29, 1.82) is 0 Å². The smallest absolute Gasteiger partial charge is 0.258 e. The molecular weight excluding hydrogens is 276 g/mol. The number of halogens is 1. The maximum absolute atomic E-state index is 10.7. The van der Waals surface area contributed by atoms with Crippen LogP contribution in [0.25, 0.3) is 0 Å². The molecule has 1 aromatic carbocycles. The monoisotopic (exact) mass is 282 g/mol. The molecule has 1 aromatic rings. The van der Waals surface area contributed by atoms with E-state index in [-0.39, 0.29) is 5.69 Å². The number of isocyanates is 1. The van der Waals surface area contributed by atoms with Crippen LogP contribution in [-0.4, -0.2) is 11.0 Å². The number of nitro benzene ring substituents is 1. The lowest BCUT2D eigenvalue weighted by atomic mass is 10.1. The van der Waals surface area contributed by atoms with Crippen LogP contribution in [-0.2, 0) is 10.3 Å². The summed E-state index contributed by atoms with van der Waals surface area (Å²) in [5.74, 6) is 0. The fraction of sp³-hybridized carbons (Fsp3) is 0.300. The third-order valence-corrected chi connectivity index (χ3v) is 3.49. The molecule has 0 unspecified atom stereocenters. The number of aliphatic imine (C=N–C) groups is 1. The molecule has 0 aromatic heterocycles. The highest BCUT2D eigenvalue weighted by molar-refractivity contribution is 9.10. The van der Waals surface area contributed by atoms with Gasteiger partial charge in [0.15, 0.2) is 0 Å². The van der Waals surface area contributed by atoms with Crippen LogP contribution in [0.15, 0.2) is 27.7 Å². The lowest BCUT2D eigenvalue weighted by Gasteiger charge is -2.10. The number of hydrogen-bond donors (Lipinski definition) is 0. The second-order valence-electron chi connectivity index (χ2n) is 3.63. The minimum atomic E-state index is -0.591. The first-order valence-electron chi connectivity index (χ1n) is 4.63. The molecule has 0 amide bonds. The number of rotatable bonds is 3. The van der Waals surface area contributed by atoms with Crippen LogP contribution >= 0.6 is 15.9 Å². The predicted molar refractivity (Wildman–Crippen MR) is 59.8 cm³/mol. The van der Waals surface area contributed by atoms with Gasteiger partial charge in [-0.1, -0.05) is 12.1 Å². The lowest BCUT2D eigenvalue weighted by Crippen LogP contribution is -2.04. The normalized spacial score (nSPS) is 16.3. The second-order valence-corrected chi connectivity index (χ2v) is 4.42. The van der Waals surface area contributed by atoms with Crippen LogP contribution < -0.4 is 0 Å². The topological polar surface area (TPSA) is 72.6 Å². The Bertz CT molecular complexity index is 505. The van der Waals surface area contributed by atoms with Gasteiger partial charge < -0.3 is 0 Å². The molecule has 0 atom stereocenters. The molecule has 0 N–H and O–H groups in total. The molecular formula is C10H7BrN2O3. The summed E-state index contributed by atoms with van der Waals surface area (Å²) in [6, 6.07) is 4.75. The standard InChI is InChI=1S/C10H7BrN2O3/c11-9-7(10(4-5-10)12-6-14)2-1-3-8(9)13(15)16/h1-3H,4-5H2. The van der Waals surface area contributed by atoms with E-state index >= 15 is 0 Å². The Labute approximate surface area is 99.5 Å². The average Bonchev–Trinajstić information content (AvgIpc) is 2.99. The van der Waals surface area contributed by atoms with Gasteiger partial charge in [0.05, 0.1) is 10.5 Å². The molecule has 82 valence electrons. The SMILES string of the molecule is O=C=NC1(c2cccc([N+](=O)[O-])c2Br)CC1. The molecule has 0 spiro atoms. The van der Waals surface area contributed by atoms with Gasteiger partial charge in [-0.15, -0.1) is 0 Å². The first kappa shape index (κ1) is 11.0. The van der Waals surface area contributed by atoms with Gasteiger partial charge >= 0.3 is 0 Å². The van der Waals surface area contributed by atoms with Crippen molar-refractivity contribution in [3.05, 3.63) is 38.3 Å². The van der Waals surface area contributed by atoms with E-state index in [4.69, 9.17) is 0 Å². The fourth-order valence-corrected chi connectivity index (χ4v) is 2.45. The van der Waals surface area contributed by atoms with Gasteiger partial charge in [-0.05, 0) is 28.8 Å². The zero-order valence-electron chi connectivity index (χ0n) is 8.14. The van der Waals surface area contributed by atoms with E-state index < -0.39 is 10.5 Å². The highest BCUT2D eigenvalue weighted by Crippen LogP contribution is 2.52. The van der Waals surface area contributed by atoms with Crippen LogP contribution in [0.2, 0.25) is 0 Å². The number of carbonyl (C=O) groups excluding carboxylic acids is 1. The molecule has 0 saturated heterocycles. The van der Waals surface area contributed by atoms with Crippen molar-refractivity contribution in [3.63, 3.8) is 0 Å². The van der Waals surface area contributed by atoms with Crippen LogP contribution in [0.3, 0.4) is 0 Å². The van der Waals surface area contributed by atoms with Crippen molar-refractivity contribution in [3.8, 4) is 0 Å². The van der Waals surface area contributed by atoms with Gasteiger partial charge in [0, 0.05) is 11.6 Å². The molecule has 1 aliphatic rings. The quantitative estimate of drug-likeness (QED) is 0.370. The van der Waals surface area contributed by atoms with E-state index in [9.17, 15) is 14.9 Å². The van der Waals surface area contributed by atoms with Gasteiger partial charge in [0.25, 0.3) is 5.69 Å². The molecule has 0 heterocycles. The Morgan fingerprint density at radius 1 is 1.50 bits per heavy atom. The fourth-order valence-electron chi connectivity index (χ4n) is 1.67. The van der Waals surface area contributed by atoms with Crippen molar-refractivity contribution in [2.75, 3.05) is 0 Å². The predicted octanol–water partition coefficient (Wildman–Crippen LogP) is 2.68. The summed E-state index contributed by atoms with van der Waals surface area (Å²) in [5, 5.41) is 10.7. The highest BCUT2D eigenvalue weighted by atomic mass is 79.9. The lowest BCUT2D eigenvalue weighted by molar-refractivity contribution is -0.385. The molecule has 2 rings (SSSR count). The van der Waals surface area contributed by atoms with E-state index in [2.05, 4.69) is 20.9 Å². The van der Waals surface area contributed by atoms with E-state index in [1.807, 2.05) is 0 Å². The Kier molecular flexibility index (Phi) is 2.61. The summed E-state index contributed by atoms with van der Waals surface area (Å²) in [6.45, 7) is 0. The molecule has 0 bridgehead atoms. The van der Waals surface area contributed by atoms with Crippen LogP contribution in [0, 0.1) is 10.1 Å². The number of hydrogen-bond acceptors (Lipinski definition) is 4. The molecule has 5 nitrogen and oxygen atoms in total. The zero-order chi connectivity index (χ0) is 11.8. The number of nitrogens with zero attached hydrogens (tertiary/aromatic N) is 2. The van der Waals surface area contributed by atoms with E-state index in [1.54, 1.807) is 12.1 Å². The highest BCUT2D eigenvalue weighted by Gasteiger charge is 2.47. The van der Waals surface area contributed by atoms with Gasteiger partial charge in [-0.25, -0.2) is 4.79 Å². The summed E-state index contributed by atoms with van der Waals surface area (Å²) < 4.78 is 0.400. The van der Waals surface area contributed by atoms with Gasteiger partial charge in [0.1, 0.15) is 4.47 Å². The summed E-state index contributed by atoms with van der Waals surface area (Å²) in [7, 11) is 0. The Hall–Kier alpha value is -1.52. The van der Waals surface area contributed by atoms with Gasteiger partial charge in [0.2, 0.25) is 6.08 Å². The van der Waals surface area contributed by atoms with E-state index in [1.165, 1.54) is 12.1 Å². The van der Waals surface area contributed by atoms with Crippen molar-refractivity contribution in [1.82, 2.24) is 0 Å². The zero-order valence-corrected chi connectivity index (χ0v) is 9.73. The number of benzene rings is 1. The maximum atomic E-state index is 10.7. The molecule has 6 heteroatoms. The van der Waals surface area contributed by atoms with Crippen molar-refractivity contribution in [2.45, 2.75) is 18.4 Å². The molecule has 1 aliphatic carbocycles. The van der Waals surface area contributed by atoms with Crippen molar-refractivity contribution >= 4 is 27.7 Å². The summed E-state index contributed by atoms with van der Waals surface area (Å²) in [5.41, 5.74) is 0.0852. The Morgan fingerprint density at radius 3 is 2.69 bits per heavy atom. The van der Waals surface area contributed by atoms with E-state index in [0.717, 1.165) is 12.8 Å². The third-order valence-electron chi connectivity index (χ3n) is 2.66. The summed E-state index contributed by atoms with van der Waals surface area (Å²) in [4.78, 5) is 24.3. The first-order chi connectivity index (χ1) is 7.60. The molecule has 0 aliphatic heterocycles. The van der Waals surface area contributed by atoms with Crippen LogP contribution in [0.1, 0.15) is 18.4 Å². The van der Waals surface area contributed by atoms with Gasteiger partial charge in [-0.3, -0.25) is 10.1 Å². The van der Waals surface area contributed by atoms with Crippen LogP contribution in [0.4, 0.5) is 5.69 Å². The maximum Gasteiger partial charge on any atom is 0.283 e. The molecule has 1 saturated carbocycles. The Balaban J connectivity index is 2.55. The van der Waals surface area contributed by atoms with Crippen molar-refractivity contribution < 1.29 is 9.72 Å². The van der Waals surface area contributed by atoms with Crippen molar-refractivity contribution in [2.24, 2.45) is 4.99 Å². The first-order valence-corrected chi connectivity index (χ1v) is 5.42. The minimum Gasteiger partial charge on any atom is -0.258 e. The molecule has 1 fully saturated rings. The third kappa shape index (κ3) is 1.66. The van der Waals surface area contributed by atoms with Crippen LogP contribution in [0.5, 0.6) is 0 Å². The van der Waals surface area contributed by atoms with Gasteiger partial charge in [-0.2, -0.15) is 4.99 Å². The molecule has 16 heavy (non-hydrogen) atoms. The average molecular weight is 283 g/mol. The Morgan fingerprint density at radius 2 is 2.19 bits per heavy atom. The summed E-state index contributed by atoms with van der Waals surface area (Å²) >= 11 is 3.20. The molecule has 0 radical (unpaired) electrons. The summed E-state index contributed by atoms with van der Waals surface area (Å²) in [6.07, 6.45) is 2.98. The largest absolute Gasteiger partial charge is 0.283 e. The minimum absolute atomic E-state index is 0.00938. The second kappa shape index (κ2) is 3.81.